The molecule has 2 aromatic heterocycles. The van der Waals surface area contributed by atoms with Crippen LogP contribution in [0.5, 0.6) is 0 Å². The topological polar surface area (TPSA) is 193 Å². The quantitative estimate of drug-likeness (QED) is 0.306. The molecule has 0 bridgehead atoms. The molecule has 212 valence electrons. The van der Waals surface area contributed by atoms with Crippen molar-refractivity contribution in [3.05, 3.63) is 119 Å². The minimum Gasteiger partial charge on any atom is -0.267 e. The fourth-order valence-corrected chi connectivity index (χ4v) is 5.75. The maximum absolute atomic E-state index is 13.5. The van der Waals surface area contributed by atoms with Crippen molar-refractivity contribution < 1.29 is 37.2 Å². The Morgan fingerprint density at radius 3 is 1.35 bits per heavy atom. The molecule has 0 aliphatic carbocycles. The normalized spacial score (nSPS) is 14.0. The van der Waals surface area contributed by atoms with Crippen molar-refractivity contribution in [3.63, 3.8) is 0 Å². The first-order valence-electron chi connectivity index (χ1n) is 12.3. The molecule has 0 unspecified atom stereocenters. The number of benzene rings is 2. The van der Waals surface area contributed by atoms with E-state index >= 15 is 0 Å². The number of imide groups is 2. The summed E-state index contributed by atoms with van der Waals surface area (Å²) in [7, 11) is -4.39. The molecular formula is C28H16N6O8S. The smallest absolute Gasteiger partial charge is 0.267 e. The summed E-state index contributed by atoms with van der Waals surface area (Å²) in [5.41, 5.74) is 3.75. The molecule has 2 aromatic carbocycles. The van der Waals surface area contributed by atoms with Crippen LogP contribution in [0.2, 0.25) is 0 Å². The number of hydrogen-bond acceptors (Lipinski definition) is 10. The molecule has 2 aliphatic heterocycles. The van der Waals surface area contributed by atoms with Crippen LogP contribution in [-0.4, -0.2) is 63.8 Å². The van der Waals surface area contributed by atoms with Crippen LogP contribution in [-0.2, 0) is 9.84 Å². The highest BCUT2D eigenvalue weighted by atomic mass is 32.2. The Kier molecular flexibility index (Phi) is 6.35. The summed E-state index contributed by atoms with van der Waals surface area (Å²) < 4.78 is 27.1. The third kappa shape index (κ3) is 4.49. The average Bonchev–Trinajstić information content (AvgIpc) is 3.41. The molecule has 43 heavy (non-hydrogen) atoms. The number of carbonyl (C=O) groups is 6. The van der Waals surface area contributed by atoms with Gasteiger partial charge in [-0.3, -0.25) is 49.6 Å². The van der Waals surface area contributed by atoms with E-state index in [0.29, 0.717) is 10.0 Å². The van der Waals surface area contributed by atoms with Crippen LogP contribution in [0.1, 0.15) is 62.1 Å². The van der Waals surface area contributed by atoms with Gasteiger partial charge in [-0.15, -0.1) is 0 Å². The van der Waals surface area contributed by atoms with Crippen LogP contribution in [0, 0.1) is 0 Å². The molecule has 6 rings (SSSR count). The van der Waals surface area contributed by atoms with Crippen molar-refractivity contribution in [3.8, 4) is 0 Å². The highest BCUT2D eigenvalue weighted by Gasteiger charge is 2.40. The summed E-state index contributed by atoms with van der Waals surface area (Å²) in [5, 5.41) is 0.953. The number of nitrogens with zero attached hydrogens (tertiary/aromatic N) is 4. The third-order valence-corrected chi connectivity index (χ3v) is 8.36. The van der Waals surface area contributed by atoms with Gasteiger partial charge in [0.15, 0.2) is 0 Å². The van der Waals surface area contributed by atoms with Crippen molar-refractivity contribution in [2.75, 3.05) is 0 Å². The Labute approximate surface area is 241 Å². The fourth-order valence-electron chi connectivity index (χ4n) is 4.44. The lowest BCUT2D eigenvalue weighted by Gasteiger charge is -2.14. The Morgan fingerprint density at radius 2 is 0.977 bits per heavy atom. The Morgan fingerprint density at radius 1 is 0.581 bits per heavy atom. The number of amides is 6. The maximum Gasteiger partial charge on any atom is 0.280 e. The SMILES string of the molecule is O=C(NN1C(=O)c2ccc(S(=O)(=O)c3ccc4c(c3)C(=O)N(NC(=O)c3cccnc3)C4=O)cc2C1=O)c1cccnc1. The molecule has 2 aliphatic rings. The highest BCUT2D eigenvalue weighted by Crippen LogP contribution is 2.31. The molecule has 0 fully saturated rings. The summed E-state index contributed by atoms with van der Waals surface area (Å²) >= 11 is 0. The molecule has 15 heteroatoms. The van der Waals surface area contributed by atoms with Gasteiger partial charge in [0.1, 0.15) is 0 Å². The fraction of sp³-hybridized carbons (Fsp3) is 0. The first-order valence-corrected chi connectivity index (χ1v) is 13.8. The molecule has 0 spiro atoms. The first-order chi connectivity index (χ1) is 20.6. The predicted molar refractivity (Wildman–Crippen MR) is 143 cm³/mol. The number of rotatable bonds is 6. The van der Waals surface area contributed by atoms with E-state index in [9.17, 15) is 37.2 Å². The van der Waals surface area contributed by atoms with E-state index < -0.39 is 45.3 Å². The van der Waals surface area contributed by atoms with Crippen molar-refractivity contribution in [2.24, 2.45) is 0 Å². The summed E-state index contributed by atoms with van der Waals surface area (Å²) in [6.45, 7) is 0. The van der Waals surface area contributed by atoms with Gasteiger partial charge in [-0.25, -0.2) is 8.42 Å². The van der Waals surface area contributed by atoms with Crippen LogP contribution in [0.15, 0.2) is 95.2 Å². The largest absolute Gasteiger partial charge is 0.280 e. The zero-order valence-electron chi connectivity index (χ0n) is 21.5. The van der Waals surface area contributed by atoms with E-state index in [1.165, 1.54) is 49.1 Å². The molecule has 14 nitrogen and oxygen atoms in total. The van der Waals surface area contributed by atoms with E-state index in [0.717, 1.165) is 36.4 Å². The molecule has 4 aromatic rings. The summed E-state index contributed by atoms with van der Waals surface area (Å²) in [6.07, 6.45) is 5.35. The lowest BCUT2D eigenvalue weighted by atomic mass is 10.1. The van der Waals surface area contributed by atoms with E-state index in [4.69, 9.17) is 0 Å². The van der Waals surface area contributed by atoms with E-state index in [-0.39, 0.29) is 43.2 Å². The number of aromatic nitrogens is 2. The third-order valence-electron chi connectivity index (χ3n) is 6.61. The average molecular weight is 597 g/mol. The maximum atomic E-state index is 13.5. The van der Waals surface area contributed by atoms with Gasteiger partial charge in [-0.2, -0.15) is 10.0 Å². The number of fused-ring (bicyclic) bond motifs is 2. The number of hydrazine groups is 2. The second-order valence-corrected chi connectivity index (χ2v) is 11.1. The van der Waals surface area contributed by atoms with Gasteiger partial charge >= 0.3 is 0 Å². The van der Waals surface area contributed by atoms with Crippen molar-refractivity contribution in [1.82, 2.24) is 30.8 Å². The molecule has 0 radical (unpaired) electrons. The van der Waals surface area contributed by atoms with Gasteiger partial charge in [-0.1, -0.05) is 0 Å². The van der Waals surface area contributed by atoms with E-state index in [1.807, 2.05) is 0 Å². The standard InChI is InChI=1S/C28H16N6O8S/c35-23(15-3-1-9-29-13-15)31-33-25(37)19-7-5-17(11-21(19)27(33)39)43(41,42)18-6-8-20-22(12-18)28(40)34(26(20)38)32-24(36)16-4-2-10-30-14-16/h1-14H,(H,31,35)(H,32,36). The van der Waals surface area contributed by atoms with Gasteiger partial charge in [0, 0.05) is 24.8 Å². The zero-order valence-corrected chi connectivity index (χ0v) is 22.4. The number of carbonyl (C=O) groups excluding carboxylic acids is 6. The molecule has 4 heterocycles. The number of sulfone groups is 1. The van der Waals surface area contributed by atoms with Gasteiger partial charge in [0.2, 0.25) is 9.84 Å². The van der Waals surface area contributed by atoms with Crippen LogP contribution in [0.4, 0.5) is 0 Å². The van der Waals surface area contributed by atoms with Gasteiger partial charge in [0.05, 0.1) is 43.2 Å². The second kappa shape index (κ2) is 10.1. The van der Waals surface area contributed by atoms with Crippen molar-refractivity contribution in [1.29, 1.82) is 0 Å². The van der Waals surface area contributed by atoms with Crippen LogP contribution in [0.25, 0.3) is 0 Å². The minimum atomic E-state index is -4.39. The molecule has 0 saturated heterocycles. The Hall–Kier alpha value is -6.09. The van der Waals surface area contributed by atoms with Crippen LogP contribution >= 0.6 is 0 Å². The van der Waals surface area contributed by atoms with Gasteiger partial charge < -0.3 is 0 Å². The summed E-state index contributed by atoms with van der Waals surface area (Å²) in [4.78, 5) is 83.4. The first kappa shape index (κ1) is 27.1. The van der Waals surface area contributed by atoms with Crippen molar-refractivity contribution >= 4 is 45.3 Å². The van der Waals surface area contributed by atoms with Crippen molar-refractivity contribution in [2.45, 2.75) is 9.79 Å². The monoisotopic (exact) mass is 596 g/mol. The molecule has 2 N–H and O–H groups in total. The van der Waals surface area contributed by atoms with Gasteiger partial charge in [0.25, 0.3) is 35.4 Å². The molecule has 0 saturated carbocycles. The molecule has 0 atom stereocenters. The van der Waals surface area contributed by atoms with Crippen LogP contribution < -0.4 is 10.9 Å². The second-order valence-electron chi connectivity index (χ2n) is 9.17. The van der Waals surface area contributed by atoms with E-state index in [2.05, 4.69) is 20.8 Å². The number of pyridine rings is 2. The minimum absolute atomic E-state index is 0.0853. The lowest BCUT2D eigenvalue weighted by Crippen LogP contribution is -2.45. The molecular weight excluding hydrogens is 580 g/mol. The lowest BCUT2D eigenvalue weighted by molar-refractivity contribution is 0.0513. The highest BCUT2D eigenvalue weighted by molar-refractivity contribution is 7.91. The van der Waals surface area contributed by atoms with Gasteiger partial charge in [-0.05, 0) is 60.7 Å². The Bertz CT molecular complexity index is 1880. The summed E-state index contributed by atoms with van der Waals surface area (Å²) in [5.74, 6) is -5.20. The van der Waals surface area contributed by atoms with E-state index in [1.54, 1.807) is 0 Å². The number of hydrogen-bond donors (Lipinski definition) is 2. The Balaban J connectivity index is 1.25. The zero-order chi connectivity index (χ0) is 30.5. The number of nitrogens with one attached hydrogen (secondary N) is 2. The summed E-state index contributed by atoms with van der Waals surface area (Å²) in [6, 6.07) is 12.3. The molecule has 6 amide bonds. The van der Waals surface area contributed by atoms with Crippen LogP contribution in [0.3, 0.4) is 0 Å². The predicted octanol–water partition coefficient (Wildman–Crippen LogP) is 1.19.